The third-order valence-electron chi connectivity index (χ3n) is 2.05. The van der Waals surface area contributed by atoms with Crippen LogP contribution in [0.3, 0.4) is 0 Å². The molecule has 0 spiro atoms. The molecule has 0 aliphatic carbocycles. The molecule has 90 valence electrons. The molecule has 0 heterocycles. The Morgan fingerprint density at radius 1 is 1.12 bits per heavy atom. The monoisotopic (exact) mass is 244 g/mol. The lowest BCUT2D eigenvalue weighted by molar-refractivity contribution is 0.211. The van der Waals surface area contributed by atoms with E-state index in [1.165, 1.54) is 0 Å². The molecule has 5 heteroatoms. The van der Waals surface area contributed by atoms with Crippen LogP contribution < -0.4 is 10.6 Å². The zero-order valence-corrected chi connectivity index (χ0v) is 9.74. The number of anilines is 2. The number of rotatable bonds is 7. The average molecular weight is 245 g/mol. The summed E-state index contributed by atoms with van der Waals surface area (Å²) in [4.78, 5) is 0. The molecule has 1 aromatic rings. The summed E-state index contributed by atoms with van der Waals surface area (Å²) in [5.41, 5.74) is 1.89. The summed E-state index contributed by atoms with van der Waals surface area (Å²) in [6.45, 7) is 1.09. The smallest absolute Gasteiger partial charge is 0.0847 e. The minimum absolute atomic E-state index is 0.113. The van der Waals surface area contributed by atoms with Crippen LogP contribution in [0.2, 0.25) is 0 Å². The number of halogens is 1. The van der Waals surface area contributed by atoms with E-state index in [1.54, 1.807) is 0 Å². The van der Waals surface area contributed by atoms with Crippen molar-refractivity contribution >= 4 is 23.0 Å². The minimum Gasteiger partial charge on any atom is -0.395 e. The second-order valence-electron chi connectivity index (χ2n) is 3.42. The second-order valence-corrected chi connectivity index (χ2v) is 3.73. The molecule has 0 radical (unpaired) electrons. The molecular formula is C11H17ClN2O2. The van der Waals surface area contributed by atoms with Gasteiger partial charge in [-0.15, -0.1) is 11.6 Å². The van der Waals surface area contributed by atoms with Crippen LogP contribution in [0.25, 0.3) is 0 Å². The van der Waals surface area contributed by atoms with E-state index < -0.39 is 6.10 Å². The summed E-state index contributed by atoms with van der Waals surface area (Å²) in [6.07, 6.45) is -0.533. The van der Waals surface area contributed by atoms with Gasteiger partial charge in [-0.25, -0.2) is 0 Å². The van der Waals surface area contributed by atoms with Gasteiger partial charge in [-0.2, -0.15) is 0 Å². The van der Waals surface area contributed by atoms with Crippen LogP contribution in [0.1, 0.15) is 0 Å². The summed E-state index contributed by atoms with van der Waals surface area (Å²) < 4.78 is 0. The highest BCUT2D eigenvalue weighted by molar-refractivity contribution is 6.18. The molecule has 0 aromatic heterocycles. The minimum atomic E-state index is -0.533. The van der Waals surface area contributed by atoms with Crippen molar-refractivity contribution in [2.45, 2.75) is 6.10 Å². The molecular weight excluding hydrogens is 228 g/mol. The second kappa shape index (κ2) is 7.33. The first-order chi connectivity index (χ1) is 7.76. The van der Waals surface area contributed by atoms with Crippen molar-refractivity contribution < 1.29 is 10.2 Å². The number of hydrogen-bond donors (Lipinski definition) is 4. The summed E-state index contributed by atoms with van der Waals surface area (Å²) in [6, 6.07) is 7.62. The Balaban J connectivity index is 2.38. The van der Waals surface area contributed by atoms with Crippen molar-refractivity contribution in [1.29, 1.82) is 0 Å². The Morgan fingerprint density at radius 2 is 1.69 bits per heavy atom. The normalized spacial score (nSPS) is 12.2. The highest BCUT2D eigenvalue weighted by Crippen LogP contribution is 2.13. The molecule has 16 heavy (non-hydrogen) atoms. The van der Waals surface area contributed by atoms with E-state index in [9.17, 15) is 5.11 Å². The average Bonchev–Trinajstić information content (AvgIpc) is 2.34. The molecule has 4 N–H and O–H groups in total. The van der Waals surface area contributed by atoms with Crippen LogP contribution in [0, 0.1) is 0 Å². The lowest BCUT2D eigenvalue weighted by Crippen LogP contribution is -2.20. The molecule has 0 saturated carbocycles. The van der Waals surface area contributed by atoms with Crippen LogP contribution in [-0.4, -0.2) is 41.9 Å². The number of hydrogen-bond acceptors (Lipinski definition) is 4. The molecule has 1 rings (SSSR count). The maximum Gasteiger partial charge on any atom is 0.0847 e. The summed E-state index contributed by atoms with van der Waals surface area (Å²) in [5.74, 6) is 0.225. The highest BCUT2D eigenvalue weighted by atomic mass is 35.5. The van der Waals surface area contributed by atoms with Gasteiger partial charge in [-0.1, -0.05) is 0 Å². The molecule has 1 atom stereocenters. The Morgan fingerprint density at radius 3 is 2.19 bits per heavy atom. The Bertz CT molecular complexity index is 293. The fourth-order valence-corrected chi connectivity index (χ4v) is 1.31. The van der Waals surface area contributed by atoms with Gasteiger partial charge >= 0.3 is 0 Å². The number of alkyl halides is 1. The van der Waals surface area contributed by atoms with E-state index in [4.69, 9.17) is 16.7 Å². The van der Waals surface area contributed by atoms with Crippen LogP contribution in [0.15, 0.2) is 24.3 Å². The molecule has 0 aliphatic heterocycles. The first-order valence-corrected chi connectivity index (χ1v) is 5.72. The topological polar surface area (TPSA) is 64.5 Å². The number of nitrogens with one attached hydrogen (secondary N) is 2. The lowest BCUT2D eigenvalue weighted by atomic mass is 10.2. The van der Waals surface area contributed by atoms with Crippen molar-refractivity contribution in [2.75, 3.05) is 36.2 Å². The SMILES string of the molecule is OCCNc1ccc(NCC(O)CCl)cc1. The number of benzene rings is 1. The first-order valence-electron chi connectivity index (χ1n) is 5.19. The molecule has 0 saturated heterocycles. The van der Waals surface area contributed by atoms with Gasteiger partial charge in [-0.05, 0) is 24.3 Å². The van der Waals surface area contributed by atoms with Gasteiger partial charge in [0, 0.05) is 24.5 Å². The highest BCUT2D eigenvalue weighted by Gasteiger charge is 2.00. The van der Waals surface area contributed by atoms with Crippen LogP contribution in [0.4, 0.5) is 11.4 Å². The molecule has 1 unspecified atom stereocenters. The van der Waals surface area contributed by atoms with E-state index in [0.29, 0.717) is 13.1 Å². The maximum atomic E-state index is 9.26. The Kier molecular flexibility index (Phi) is 6.00. The lowest BCUT2D eigenvalue weighted by Gasteiger charge is -2.11. The van der Waals surface area contributed by atoms with E-state index in [2.05, 4.69) is 10.6 Å². The van der Waals surface area contributed by atoms with Gasteiger partial charge in [0.15, 0.2) is 0 Å². The zero-order valence-electron chi connectivity index (χ0n) is 8.99. The van der Waals surface area contributed by atoms with E-state index in [-0.39, 0.29) is 12.5 Å². The van der Waals surface area contributed by atoms with E-state index >= 15 is 0 Å². The molecule has 0 fully saturated rings. The largest absolute Gasteiger partial charge is 0.395 e. The van der Waals surface area contributed by atoms with E-state index in [1.807, 2.05) is 24.3 Å². The molecule has 1 aromatic carbocycles. The molecule has 4 nitrogen and oxygen atoms in total. The Hall–Kier alpha value is -0.970. The predicted molar refractivity (Wildman–Crippen MR) is 67.2 cm³/mol. The van der Waals surface area contributed by atoms with Gasteiger partial charge in [0.1, 0.15) is 0 Å². The third-order valence-corrected chi connectivity index (χ3v) is 2.40. The van der Waals surface area contributed by atoms with Crippen molar-refractivity contribution in [3.8, 4) is 0 Å². The molecule has 0 aliphatic rings. The summed E-state index contributed by atoms with van der Waals surface area (Å²) in [5, 5.41) is 24.0. The summed E-state index contributed by atoms with van der Waals surface area (Å²) in [7, 11) is 0. The van der Waals surface area contributed by atoms with Gasteiger partial charge in [-0.3, -0.25) is 0 Å². The number of aliphatic hydroxyl groups is 2. The summed E-state index contributed by atoms with van der Waals surface area (Å²) >= 11 is 5.48. The fourth-order valence-electron chi connectivity index (χ4n) is 1.20. The van der Waals surface area contributed by atoms with Crippen molar-refractivity contribution in [3.05, 3.63) is 24.3 Å². The van der Waals surface area contributed by atoms with Gasteiger partial charge in [0.05, 0.1) is 18.6 Å². The van der Waals surface area contributed by atoms with Gasteiger partial charge in [0.25, 0.3) is 0 Å². The first kappa shape index (κ1) is 13.1. The maximum absolute atomic E-state index is 9.26. The fraction of sp³-hybridized carbons (Fsp3) is 0.455. The Labute approximate surface area is 100 Å². The van der Waals surface area contributed by atoms with E-state index in [0.717, 1.165) is 11.4 Å². The third kappa shape index (κ3) is 4.70. The quantitative estimate of drug-likeness (QED) is 0.543. The predicted octanol–water partition coefficient (Wildman–Crippen LogP) is 1.10. The van der Waals surface area contributed by atoms with Gasteiger partial charge in [0.2, 0.25) is 0 Å². The van der Waals surface area contributed by atoms with Crippen molar-refractivity contribution in [3.63, 3.8) is 0 Å². The van der Waals surface area contributed by atoms with Crippen LogP contribution in [-0.2, 0) is 0 Å². The van der Waals surface area contributed by atoms with Crippen molar-refractivity contribution in [2.24, 2.45) is 0 Å². The molecule has 0 bridgehead atoms. The number of aliphatic hydroxyl groups excluding tert-OH is 2. The van der Waals surface area contributed by atoms with Crippen LogP contribution >= 0.6 is 11.6 Å². The van der Waals surface area contributed by atoms with Gasteiger partial charge < -0.3 is 20.8 Å². The zero-order chi connectivity index (χ0) is 11.8. The standard InChI is InChI=1S/C11H17ClN2O2/c12-7-11(16)8-14-10-3-1-9(2-4-10)13-5-6-15/h1-4,11,13-16H,5-8H2. The molecule has 0 amide bonds. The van der Waals surface area contributed by atoms with Crippen molar-refractivity contribution in [1.82, 2.24) is 0 Å². The van der Waals surface area contributed by atoms with Crippen LogP contribution in [0.5, 0.6) is 0 Å².